The summed E-state index contributed by atoms with van der Waals surface area (Å²) in [5.74, 6) is -1.28. The van der Waals surface area contributed by atoms with Crippen LogP contribution in [0.5, 0.6) is 0 Å². The van der Waals surface area contributed by atoms with Crippen molar-refractivity contribution in [2.75, 3.05) is 6.61 Å². The van der Waals surface area contributed by atoms with Gasteiger partial charge in [0.25, 0.3) is 5.91 Å². The van der Waals surface area contributed by atoms with Crippen molar-refractivity contribution in [1.82, 2.24) is 5.32 Å². The van der Waals surface area contributed by atoms with E-state index in [2.05, 4.69) is 5.32 Å². The third-order valence-corrected chi connectivity index (χ3v) is 4.03. The van der Waals surface area contributed by atoms with Crippen molar-refractivity contribution in [2.24, 2.45) is 0 Å². The zero-order valence-electron chi connectivity index (χ0n) is 14.2. The number of ether oxygens (including phenoxy) is 1. The summed E-state index contributed by atoms with van der Waals surface area (Å²) in [5, 5.41) is 16.5. The van der Waals surface area contributed by atoms with Gasteiger partial charge in [0.2, 0.25) is 0 Å². The zero-order chi connectivity index (χ0) is 18.5. The number of pyridine rings is 1. The number of esters is 1. The fourth-order valence-corrected chi connectivity index (χ4v) is 2.78. The van der Waals surface area contributed by atoms with Gasteiger partial charge in [0.05, 0.1) is 6.04 Å². The summed E-state index contributed by atoms with van der Waals surface area (Å²) in [7, 11) is 0. The molecule has 0 saturated carbocycles. The molecule has 0 bridgehead atoms. The Hall–Kier alpha value is -3.41. The van der Waals surface area contributed by atoms with Crippen molar-refractivity contribution in [2.45, 2.75) is 13.0 Å². The van der Waals surface area contributed by atoms with Crippen LogP contribution in [0.4, 0.5) is 0 Å². The first-order valence-electron chi connectivity index (χ1n) is 8.18. The number of rotatable bonds is 5. The second kappa shape index (κ2) is 7.65. The average Bonchev–Trinajstić information content (AvgIpc) is 2.66. The molecule has 0 aliphatic heterocycles. The van der Waals surface area contributed by atoms with Gasteiger partial charge in [0, 0.05) is 12.1 Å². The van der Waals surface area contributed by atoms with Gasteiger partial charge in [-0.1, -0.05) is 42.5 Å². The Labute approximate surface area is 150 Å². The fraction of sp³-hybridized carbons (Fsp3) is 0.150. The molecule has 0 fully saturated rings. The van der Waals surface area contributed by atoms with Crippen molar-refractivity contribution in [3.63, 3.8) is 0 Å². The molecule has 0 unspecified atom stereocenters. The minimum atomic E-state index is -0.839. The van der Waals surface area contributed by atoms with Crippen molar-refractivity contribution in [3.05, 3.63) is 83.3 Å². The lowest BCUT2D eigenvalue weighted by Crippen LogP contribution is -2.36. The molecule has 1 N–H and O–H groups in total. The third kappa shape index (κ3) is 3.80. The second-order valence-electron chi connectivity index (χ2n) is 5.85. The topological polar surface area (TPSA) is 82.3 Å². The molecule has 1 heterocycles. The summed E-state index contributed by atoms with van der Waals surface area (Å²) in [6, 6.07) is 17.9. The maximum atomic E-state index is 12.1. The smallest absolute Gasteiger partial charge is 0.405 e. The van der Waals surface area contributed by atoms with E-state index >= 15 is 0 Å². The van der Waals surface area contributed by atoms with Crippen LogP contribution in [0, 0.1) is 5.21 Å². The summed E-state index contributed by atoms with van der Waals surface area (Å²) in [6.45, 7) is 1.41. The Morgan fingerprint density at radius 3 is 2.62 bits per heavy atom. The van der Waals surface area contributed by atoms with Crippen LogP contribution in [0.1, 0.15) is 29.0 Å². The van der Waals surface area contributed by atoms with Crippen LogP contribution >= 0.6 is 0 Å². The highest BCUT2D eigenvalue weighted by molar-refractivity contribution is 5.89. The van der Waals surface area contributed by atoms with Crippen molar-refractivity contribution in [3.8, 4) is 0 Å². The molecule has 0 aliphatic rings. The SMILES string of the molecule is C[C@H](NC(=O)COC(=O)c1cccc[n+]1[O-])c1cccc2ccccc12. The first-order chi connectivity index (χ1) is 12.6. The molecule has 1 amide bonds. The Bertz CT molecular complexity index is 950. The van der Waals surface area contributed by atoms with Crippen LogP contribution < -0.4 is 10.0 Å². The van der Waals surface area contributed by atoms with Gasteiger partial charge in [-0.2, -0.15) is 4.73 Å². The van der Waals surface area contributed by atoms with Gasteiger partial charge in [-0.25, -0.2) is 4.79 Å². The largest absolute Gasteiger partial charge is 0.618 e. The van der Waals surface area contributed by atoms with Crippen LogP contribution in [0.3, 0.4) is 0 Å². The van der Waals surface area contributed by atoms with Crippen LogP contribution in [0.15, 0.2) is 66.9 Å². The molecule has 0 saturated heterocycles. The summed E-state index contributed by atoms with van der Waals surface area (Å²) >= 11 is 0. The monoisotopic (exact) mass is 350 g/mol. The van der Waals surface area contributed by atoms with Gasteiger partial charge in [-0.3, -0.25) is 4.79 Å². The van der Waals surface area contributed by atoms with Gasteiger partial charge in [0.1, 0.15) is 0 Å². The van der Waals surface area contributed by atoms with E-state index in [4.69, 9.17) is 4.74 Å². The highest BCUT2D eigenvalue weighted by Crippen LogP contribution is 2.23. The van der Waals surface area contributed by atoms with Crippen molar-refractivity contribution >= 4 is 22.6 Å². The summed E-state index contributed by atoms with van der Waals surface area (Å²) < 4.78 is 5.32. The van der Waals surface area contributed by atoms with Crippen LogP contribution in [-0.4, -0.2) is 18.5 Å². The number of benzene rings is 2. The molecule has 0 spiro atoms. The van der Waals surface area contributed by atoms with Gasteiger partial charge in [0.15, 0.2) is 12.8 Å². The van der Waals surface area contributed by atoms with E-state index in [0.717, 1.165) is 16.3 Å². The number of nitrogens with one attached hydrogen (secondary N) is 1. The minimum Gasteiger partial charge on any atom is -0.618 e. The van der Waals surface area contributed by atoms with E-state index < -0.39 is 18.5 Å². The van der Waals surface area contributed by atoms with E-state index in [1.807, 2.05) is 49.4 Å². The van der Waals surface area contributed by atoms with Gasteiger partial charge in [-0.05, 0) is 29.3 Å². The molecule has 3 rings (SSSR count). The van der Waals surface area contributed by atoms with E-state index in [9.17, 15) is 14.8 Å². The normalized spacial score (nSPS) is 11.7. The maximum absolute atomic E-state index is 12.1. The quantitative estimate of drug-likeness (QED) is 0.435. The molecule has 3 aromatic rings. The number of nitrogens with zero attached hydrogens (tertiary/aromatic N) is 1. The predicted molar refractivity (Wildman–Crippen MR) is 96.2 cm³/mol. The summed E-state index contributed by atoms with van der Waals surface area (Å²) in [5.41, 5.74) is 0.811. The number of fused-ring (bicyclic) bond motifs is 1. The molecule has 132 valence electrons. The van der Waals surface area contributed by atoms with Crippen molar-refractivity contribution < 1.29 is 19.1 Å². The average molecular weight is 350 g/mol. The first-order valence-corrected chi connectivity index (χ1v) is 8.18. The van der Waals surface area contributed by atoms with E-state index in [1.54, 1.807) is 6.07 Å². The predicted octanol–water partition coefficient (Wildman–Crippen LogP) is 2.51. The van der Waals surface area contributed by atoms with Crippen molar-refractivity contribution in [1.29, 1.82) is 0 Å². The Morgan fingerprint density at radius 2 is 1.81 bits per heavy atom. The summed E-state index contributed by atoms with van der Waals surface area (Å²) in [6.07, 6.45) is 1.19. The van der Waals surface area contributed by atoms with E-state index in [0.29, 0.717) is 4.73 Å². The summed E-state index contributed by atoms with van der Waals surface area (Å²) in [4.78, 5) is 24.0. The number of amides is 1. The zero-order valence-corrected chi connectivity index (χ0v) is 14.2. The van der Waals surface area contributed by atoms with Crippen LogP contribution in [-0.2, 0) is 9.53 Å². The molecule has 26 heavy (non-hydrogen) atoms. The second-order valence-corrected chi connectivity index (χ2v) is 5.85. The molecule has 2 aromatic carbocycles. The highest BCUT2D eigenvalue weighted by Gasteiger charge is 2.19. The molecule has 1 atom stereocenters. The fourth-order valence-electron chi connectivity index (χ4n) is 2.78. The molecule has 0 radical (unpaired) electrons. The molecular weight excluding hydrogens is 332 g/mol. The number of carbonyl (C=O) groups excluding carboxylic acids is 2. The Morgan fingerprint density at radius 1 is 1.08 bits per heavy atom. The van der Waals surface area contributed by atoms with Crippen LogP contribution in [0.25, 0.3) is 10.8 Å². The minimum absolute atomic E-state index is 0.164. The Kier molecular flexibility index (Phi) is 5.12. The molecular formula is C20H18N2O4. The number of hydrogen-bond donors (Lipinski definition) is 1. The molecule has 0 aliphatic carbocycles. The van der Waals surface area contributed by atoms with Gasteiger partial charge in [-0.15, -0.1) is 0 Å². The molecule has 1 aromatic heterocycles. The highest BCUT2D eigenvalue weighted by atomic mass is 16.5. The van der Waals surface area contributed by atoms with Crippen LogP contribution in [0.2, 0.25) is 0 Å². The maximum Gasteiger partial charge on any atom is 0.405 e. The lowest BCUT2D eigenvalue weighted by Gasteiger charge is -2.16. The number of hydrogen-bond acceptors (Lipinski definition) is 4. The van der Waals surface area contributed by atoms with Gasteiger partial charge >= 0.3 is 11.7 Å². The van der Waals surface area contributed by atoms with Gasteiger partial charge < -0.3 is 15.3 Å². The lowest BCUT2D eigenvalue weighted by molar-refractivity contribution is -0.608. The van der Waals surface area contributed by atoms with E-state index in [-0.39, 0.29) is 11.7 Å². The molecule has 6 nitrogen and oxygen atoms in total. The van der Waals surface area contributed by atoms with E-state index in [1.165, 1.54) is 18.3 Å². The Balaban J connectivity index is 1.63. The molecule has 6 heteroatoms. The lowest BCUT2D eigenvalue weighted by atomic mass is 10.00. The first kappa shape index (κ1) is 17.4. The standard InChI is InChI=1S/C20H18N2O4/c1-14(16-10-6-8-15-7-2-3-9-17(15)16)21-19(23)13-26-20(24)18-11-4-5-12-22(18)25/h2-12,14H,13H2,1H3,(H,21,23)/t14-/m0/s1. The number of aromatic nitrogens is 1. The number of carbonyl (C=O) groups is 2. The third-order valence-electron chi connectivity index (χ3n) is 4.03.